The van der Waals surface area contributed by atoms with Crippen molar-refractivity contribution in [1.82, 2.24) is 0 Å². The molecule has 0 N–H and O–H groups in total. The number of nitrogens with zero attached hydrogens (tertiary/aromatic N) is 2. The highest BCUT2D eigenvalue weighted by Crippen LogP contribution is 2.71. The van der Waals surface area contributed by atoms with Gasteiger partial charge in [-0.2, -0.15) is 10.5 Å². The Morgan fingerprint density at radius 1 is 0.875 bits per heavy atom. The Kier molecular flexibility index (Phi) is 3.56. The van der Waals surface area contributed by atoms with Gasteiger partial charge in [-0.25, -0.2) is 0 Å². The number of nitriles is 2. The van der Waals surface area contributed by atoms with Crippen molar-refractivity contribution in [1.29, 1.82) is 10.5 Å². The lowest BCUT2D eigenvalue weighted by molar-refractivity contribution is 1.30. The SMILES string of the molecule is N#Cc1sc(C#N)c2c1C(Br)(Br)SC2(Br)Br. The van der Waals surface area contributed by atoms with E-state index in [9.17, 15) is 0 Å². The van der Waals surface area contributed by atoms with Gasteiger partial charge in [0.15, 0.2) is 5.13 Å². The van der Waals surface area contributed by atoms with E-state index in [1.165, 1.54) is 23.1 Å². The van der Waals surface area contributed by atoms with Gasteiger partial charge in [-0.3, -0.25) is 0 Å². The van der Waals surface area contributed by atoms with Crippen LogP contribution in [0, 0.1) is 22.7 Å². The Morgan fingerprint density at radius 3 is 1.56 bits per heavy atom. The average Bonchev–Trinajstić information content (AvgIpc) is 2.62. The predicted molar refractivity (Wildman–Crippen MR) is 80.4 cm³/mol. The molecule has 0 saturated carbocycles. The largest absolute Gasteiger partial charge is 0.192 e. The van der Waals surface area contributed by atoms with Crippen molar-refractivity contribution in [2.24, 2.45) is 0 Å². The quantitative estimate of drug-likeness (QED) is 0.462. The molecule has 0 amide bonds. The van der Waals surface area contributed by atoms with Crippen LogP contribution in [0.5, 0.6) is 0 Å². The fourth-order valence-corrected chi connectivity index (χ4v) is 11.1. The summed E-state index contributed by atoms with van der Waals surface area (Å²) < 4.78 is -1.09. The van der Waals surface area contributed by atoms with Crippen molar-refractivity contribution in [3.63, 3.8) is 0 Å². The van der Waals surface area contributed by atoms with Crippen molar-refractivity contribution >= 4 is 86.8 Å². The molecule has 0 aliphatic carbocycles. The first-order valence-electron chi connectivity index (χ1n) is 3.77. The highest BCUT2D eigenvalue weighted by molar-refractivity contribution is 9.31. The Morgan fingerprint density at radius 2 is 1.25 bits per heavy atom. The van der Waals surface area contributed by atoms with E-state index in [1.807, 2.05) is 0 Å². The number of fused-ring (bicyclic) bond motifs is 1. The molecular formula is C8Br4N2S2. The highest BCUT2D eigenvalue weighted by atomic mass is 79.9. The molecule has 0 aromatic carbocycles. The fourth-order valence-electron chi connectivity index (χ4n) is 1.41. The molecule has 2 rings (SSSR count). The van der Waals surface area contributed by atoms with Crippen LogP contribution in [0.2, 0.25) is 0 Å². The van der Waals surface area contributed by atoms with E-state index >= 15 is 0 Å². The molecule has 0 radical (unpaired) electrons. The number of alkyl halides is 4. The lowest BCUT2D eigenvalue weighted by atomic mass is 10.1. The van der Waals surface area contributed by atoms with E-state index in [2.05, 4.69) is 75.9 Å². The maximum absolute atomic E-state index is 9.08. The number of halogens is 4. The molecule has 0 spiro atoms. The molecule has 0 unspecified atom stereocenters. The van der Waals surface area contributed by atoms with Crippen LogP contribution in [0.4, 0.5) is 0 Å². The summed E-state index contributed by atoms with van der Waals surface area (Å²) in [6.45, 7) is 0. The predicted octanol–water partition coefficient (Wildman–Crippen LogP) is 5.04. The third-order valence-corrected chi connectivity index (χ3v) is 7.40. The zero-order valence-electron chi connectivity index (χ0n) is 7.22. The molecule has 1 aromatic heterocycles. The minimum atomic E-state index is -0.543. The van der Waals surface area contributed by atoms with Gasteiger partial charge in [0, 0.05) is 11.1 Å². The summed E-state index contributed by atoms with van der Waals surface area (Å²) in [5.41, 5.74) is 1.63. The third kappa shape index (κ3) is 1.92. The zero-order chi connectivity index (χ0) is 12.1. The Bertz CT molecular complexity index is 503. The van der Waals surface area contributed by atoms with Crippen molar-refractivity contribution in [3.05, 3.63) is 20.9 Å². The molecule has 0 saturated heterocycles. The Labute approximate surface area is 134 Å². The van der Waals surface area contributed by atoms with E-state index < -0.39 is 5.13 Å². The van der Waals surface area contributed by atoms with Crippen LogP contribution < -0.4 is 0 Å². The second kappa shape index (κ2) is 4.25. The van der Waals surface area contributed by atoms with Crippen LogP contribution in [0.3, 0.4) is 0 Å². The fraction of sp³-hybridized carbons (Fsp3) is 0.250. The maximum atomic E-state index is 9.08. The molecule has 2 nitrogen and oxygen atoms in total. The van der Waals surface area contributed by atoms with Crippen LogP contribution in [0.15, 0.2) is 0 Å². The van der Waals surface area contributed by atoms with Crippen LogP contribution in [0.1, 0.15) is 20.9 Å². The van der Waals surface area contributed by atoms with E-state index in [1.54, 1.807) is 0 Å². The highest BCUT2D eigenvalue weighted by Gasteiger charge is 2.53. The first kappa shape index (κ1) is 13.4. The van der Waals surface area contributed by atoms with Crippen molar-refractivity contribution < 1.29 is 0 Å². The number of rotatable bonds is 0. The molecule has 0 atom stereocenters. The van der Waals surface area contributed by atoms with E-state index in [-0.39, 0.29) is 0 Å². The van der Waals surface area contributed by atoms with Gasteiger partial charge in [-0.1, -0.05) is 75.5 Å². The summed E-state index contributed by atoms with van der Waals surface area (Å²) in [5, 5.41) is 18.2. The summed E-state index contributed by atoms with van der Waals surface area (Å²) in [5.74, 6) is 0. The molecule has 1 aliphatic heterocycles. The molecule has 8 heteroatoms. The van der Waals surface area contributed by atoms with E-state index in [0.29, 0.717) is 9.75 Å². The van der Waals surface area contributed by atoms with Gasteiger partial charge in [-0.15, -0.1) is 11.3 Å². The summed E-state index contributed by atoms with van der Waals surface area (Å²) >= 11 is 16.8. The first-order valence-corrected chi connectivity index (χ1v) is 8.57. The van der Waals surface area contributed by atoms with E-state index in [0.717, 1.165) is 11.1 Å². The Hall–Kier alpha value is 0.950. The van der Waals surface area contributed by atoms with Crippen LogP contribution in [-0.4, -0.2) is 0 Å². The van der Waals surface area contributed by atoms with Crippen molar-refractivity contribution in [3.8, 4) is 12.1 Å². The maximum Gasteiger partial charge on any atom is 0.155 e. The number of hydrogen-bond acceptors (Lipinski definition) is 4. The molecule has 0 bridgehead atoms. The Balaban J connectivity index is 2.84. The standard InChI is InChI=1S/C8Br4N2S2/c9-7(10)5-3(1-13)15-4(2-14)6(5)8(11,12)16-7. The molecule has 0 fully saturated rings. The molecule has 82 valence electrons. The minimum Gasteiger partial charge on any atom is -0.192 e. The molecule has 1 aliphatic rings. The van der Waals surface area contributed by atoms with Crippen LogP contribution in [0.25, 0.3) is 0 Å². The third-order valence-electron chi connectivity index (χ3n) is 1.95. The monoisotopic (exact) mass is 504 g/mol. The van der Waals surface area contributed by atoms with Crippen molar-refractivity contribution in [2.45, 2.75) is 5.13 Å². The number of thioether (sulfide) groups is 1. The number of hydrogen-bond donors (Lipinski definition) is 0. The molecule has 2 heterocycles. The van der Waals surface area contributed by atoms with Gasteiger partial charge in [0.1, 0.15) is 21.9 Å². The second-order valence-electron chi connectivity index (χ2n) is 2.87. The number of thiophene rings is 1. The molecule has 16 heavy (non-hydrogen) atoms. The smallest absolute Gasteiger partial charge is 0.155 e. The van der Waals surface area contributed by atoms with Gasteiger partial charge < -0.3 is 0 Å². The second-order valence-corrected chi connectivity index (χ2v) is 14.3. The topological polar surface area (TPSA) is 47.6 Å². The summed E-state index contributed by atoms with van der Waals surface area (Å²) in [7, 11) is 0. The van der Waals surface area contributed by atoms with Gasteiger partial charge >= 0.3 is 0 Å². The first-order chi connectivity index (χ1) is 7.33. The normalized spacial score (nSPS) is 19.9. The molecule has 1 aromatic rings. The van der Waals surface area contributed by atoms with Crippen LogP contribution >= 0.6 is 86.8 Å². The lowest BCUT2D eigenvalue weighted by Gasteiger charge is -2.17. The van der Waals surface area contributed by atoms with E-state index in [4.69, 9.17) is 10.5 Å². The van der Waals surface area contributed by atoms with Gasteiger partial charge in [0.05, 0.1) is 0 Å². The summed E-state index contributed by atoms with van der Waals surface area (Å²) in [6.07, 6.45) is 0. The minimum absolute atomic E-state index is 0.543. The summed E-state index contributed by atoms with van der Waals surface area (Å²) in [4.78, 5) is 1.10. The van der Waals surface area contributed by atoms with Gasteiger partial charge in [0.2, 0.25) is 0 Å². The van der Waals surface area contributed by atoms with Gasteiger partial charge in [0.25, 0.3) is 0 Å². The summed E-state index contributed by atoms with van der Waals surface area (Å²) in [6, 6.07) is 4.26. The van der Waals surface area contributed by atoms with Crippen molar-refractivity contribution in [2.75, 3.05) is 0 Å². The average molecular weight is 508 g/mol. The van der Waals surface area contributed by atoms with Crippen LogP contribution in [-0.2, 0) is 5.13 Å². The lowest BCUT2D eigenvalue weighted by Crippen LogP contribution is -1.99. The molecular weight excluding hydrogens is 508 g/mol. The zero-order valence-corrected chi connectivity index (χ0v) is 15.2. The van der Waals surface area contributed by atoms with Gasteiger partial charge in [-0.05, 0) is 0 Å².